The van der Waals surface area contributed by atoms with E-state index in [4.69, 9.17) is 20.2 Å². The molecule has 0 fully saturated rings. The predicted molar refractivity (Wildman–Crippen MR) is 129 cm³/mol. The van der Waals surface area contributed by atoms with Crippen molar-refractivity contribution in [2.75, 3.05) is 5.73 Å². The second-order valence-corrected chi connectivity index (χ2v) is 8.88. The van der Waals surface area contributed by atoms with Gasteiger partial charge in [0.2, 0.25) is 5.60 Å². The molecule has 0 bridgehead atoms. The minimum atomic E-state index is -1.87. The smallest absolute Gasteiger partial charge is 0.355 e. The second-order valence-electron chi connectivity index (χ2n) is 8.88. The van der Waals surface area contributed by atoms with Crippen LogP contribution in [0.3, 0.4) is 0 Å². The molecule has 180 valence electrons. The van der Waals surface area contributed by atoms with Crippen molar-refractivity contribution >= 4 is 28.5 Å². The van der Waals surface area contributed by atoms with Crippen LogP contribution in [-0.4, -0.2) is 21.5 Å². The third kappa shape index (κ3) is 3.05. The van der Waals surface area contributed by atoms with Crippen molar-refractivity contribution < 1.29 is 23.5 Å². The van der Waals surface area contributed by atoms with Gasteiger partial charge >= 0.3 is 11.9 Å². The summed E-state index contributed by atoms with van der Waals surface area (Å²) in [4.78, 5) is 44.4. The van der Waals surface area contributed by atoms with Crippen LogP contribution in [0, 0.1) is 5.82 Å². The lowest BCUT2D eigenvalue weighted by Crippen LogP contribution is -2.47. The largest absolute Gasteiger partial charge is 0.457 e. The standard InChI is InChI=1S/C27H20FN3O5/c1-2-27(36-25(33)14-5-3-6-16(28)9-14)19-11-22-23-15(10-17-20(29)7-4-8-21(17)30-23)12-31(22)24(32)18(19)13-35-26(27)34/h3-11H,2,12-13,29H2,1H3/t27-/m0/s1. The van der Waals surface area contributed by atoms with Crippen molar-refractivity contribution in [2.45, 2.75) is 32.1 Å². The molecule has 8 nitrogen and oxygen atoms in total. The SMILES string of the molecule is CC[C@@]1(OC(=O)c2cccc(F)c2)C(=O)OCc2c1cc1n(c2=O)Cc2cc3c(N)cccc3nc2-1. The first-order valence-corrected chi connectivity index (χ1v) is 11.4. The second kappa shape index (κ2) is 7.74. The van der Waals surface area contributed by atoms with Gasteiger partial charge in [0.15, 0.2) is 0 Å². The molecule has 2 N–H and O–H groups in total. The number of nitrogens with two attached hydrogens (primary N) is 1. The van der Waals surface area contributed by atoms with Gasteiger partial charge < -0.3 is 19.8 Å². The molecule has 4 aromatic rings. The van der Waals surface area contributed by atoms with E-state index >= 15 is 0 Å². The number of halogens is 1. The maximum Gasteiger partial charge on any atom is 0.355 e. The first kappa shape index (κ1) is 22.0. The van der Waals surface area contributed by atoms with Crippen molar-refractivity contribution in [2.24, 2.45) is 0 Å². The number of nitrogens with zero attached hydrogens (tertiary/aromatic N) is 2. The topological polar surface area (TPSA) is 114 Å². The highest BCUT2D eigenvalue weighted by molar-refractivity contribution is 5.95. The third-order valence-electron chi connectivity index (χ3n) is 6.88. The number of hydrogen-bond acceptors (Lipinski definition) is 7. The maximum absolute atomic E-state index is 13.7. The van der Waals surface area contributed by atoms with Crippen molar-refractivity contribution in [1.29, 1.82) is 0 Å². The molecule has 2 aromatic heterocycles. The zero-order valence-electron chi connectivity index (χ0n) is 19.2. The number of hydrogen-bond donors (Lipinski definition) is 1. The number of pyridine rings is 2. The van der Waals surface area contributed by atoms with Crippen LogP contribution < -0.4 is 11.3 Å². The number of carbonyl (C=O) groups is 2. The van der Waals surface area contributed by atoms with E-state index in [0.717, 1.165) is 17.0 Å². The highest BCUT2D eigenvalue weighted by atomic mass is 19.1. The molecule has 4 heterocycles. The van der Waals surface area contributed by atoms with E-state index in [-0.39, 0.29) is 41.8 Å². The highest BCUT2D eigenvalue weighted by Gasteiger charge is 2.50. The molecule has 0 amide bonds. The molecule has 2 aliphatic heterocycles. The van der Waals surface area contributed by atoms with Crippen molar-refractivity contribution in [3.63, 3.8) is 0 Å². The van der Waals surface area contributed by atoms with Crippen LogP contribution in [0.2, 0.25) is 0 Å². The van der Waals surface area contributed by atoms with Crippen LogP contribution in [-0.2, 0) is 33.0 Å². The summed E-state index contributed by atoms with van der Waals surface area (Å²) in [5, 5.41) is 0.785. The molecule has 2 aliphatic rings. The molecule has 6 rings (SSSR count). The Labute approximate surface area is 204 Å². The quantitative estimate of drug-likeness (QED) is 0.306. The number of nitrogen functional groups attached to an aromatic ring is 1. The van der Waals surface area contributed by atoms with E-state index in [1.807, 2.05) is 12.1 Å². The van der Waals surface area contributed by atoms with Gasteiger partial charge in [0.05, 0.1) is 34.6 Å². The summed E-state index contributed by atoms with van der Waals surface area (Å²) in [6, 6.07) is 14.0. The number of carbonyl (C=O) groups excluding carboxylic acids is 2. The first-order valence-electron chi connectivity index (χ1n) is 11.4. The van der Waals surface area contributed by atoms with Crippen LogP contribution in [0.5, 0.6) is 0 Å². The van der Waals surface area contributed by atoms with Gasteiger partial charge in [-0.2, -0.15) is 0 Å². The number of rotatable bonds is 3. The van der Waals surface area contributed by atoms with E-state index in [9.17, 15) is 18.8 Å². The van der Waals surface area contributed by atoms with Gasteiger partial charge in [-0.25, -0.2) is 19.0 Å². The summed E-state index contributed by atoms with van der Waals surface area (Å²) in [6.45, 7) is 1.69. The van der Waals surface area contributed by atoms with E-state index < -0.39 is 23.4 Å². The lowest BCUT2D eigenvalue weighted by molar-refractivity contribution is -0.173. The fraction of sp³-hybridized carbons (Fsp3) is 0.185. The van der Waals surface area contributed by atoms with Crippen LogP contribution in [0.4, 0.5) is 10.1 Å². The fourth-order valence-corrected chi connectivity index (χ4v) is 5.02. The molecule has 0 saturated heterocycles. The molecule has 0 spiro atoms. The van der Waals surface area contributed by atoms with Gasteiger partial charge in [-0.3, -0.25) is 4.79 Å². The van der Waals surface area contributed by atoms with E-state index in [1.165, 1.54) is 18.2 Å². The average Bonchev–Trinajstić information content (AvgIpc) is 3.23. The molecule has 1 atom stereocenters. The Kier molecular flexibility index (Phi) is 4.72. The third-order valence-corrected chi connectivity index (χ3v) is 6.88. The van der Waals surface area contributed by atoms with Gasteiger partial charge in [-0.15, -0.1) is 0 Å². The fourth-order valence-electron chi connectivity index (χ4n) is 5.02. The van der Waals surface area contributed by atoms with Crippen LogP contribution in [0.15, 0.2) is 59.4 Å². The Morgan fingerprint density at radius 1 is 1.19 bits per heavy atom. The molecule has 2 aromatic carbocycles. The molecule has 36 heavy (non-hydrogen) atoms. The summed E-state index contributed by atoms with van der Waals surface area (Å²) >= 11 is 0. The number of fused-ring (bicyclic) bond motifs is 5. The molecular formula is C27H20FN3O5. The van der Waals surface area contributed by atoms with Crippen molar-refractivity contribution in [3.05, 3.63) is 93.0 Å². The number of benzene rings is 2. The Balaban J connectivity index is 1.53. The number of ether oxygens (including phenoxy) is 2. The predicted octanol–water partition coefficient (Wildman–Crippen LogP) is 3.67. The molecule has 0 radical (unpaired) electrons. The number of anilines is 1. The molecule has 0 unspecified atom stereocenters. The first-order chi connectivity index (χ1) is 17.3. The Morgan fingerprint density at radius 3 is 2.78 bits per heavy atom. The monoisotopic (exact) mass is 485 g/mol. The maximum atomic E-state index is 13.7. The van der Waals surface area contributed by atoms with Gasteiger partial charge in [-0.1, -0.05) is 19.1 Å². The van der Waals surface area contributed by atoms with Crippen molar-refractivity contribution in [1.82, 2.24) is 9.55 Å². The summed E-state index contributed by atoms with van der Waals surface area (Å²) in [7, 11) is 0. The summed E-state index contributed by atoms with van der Waals surface area (Å²) in [5.41, 5.74) is 7.49. The van der Waals surface area contributed by atoms with E-state index in [2.05, 4.69) is 0 Å². The Morgan fingerprint density at radius 2 is 2.00 bits per heavy atom. The minimum absolute atomic E-state index is 0.0112. The van der Waals surface area contributed by atoms with Crippen molar-refractivity contribution in [3.8, 4) is 11.4 Å². The Hall–Kier alpha value is -4.53. The zero-order chi connectivity index (χ0) is 25.2. The molecule has 9 heteroatoms. The lowest BCUT2D eigenvalue weighted by Gasteiger charge is -2.35. The van der Waals surface area contributed by atoms with Gasteiger partial charge in [-0.05, 0) is 48.9 Å². The lowest BCUT2D eigenvalue weighted by atomic mass is 9.85. The average molecular weight is 485 g/mol. The van der Waals surface area contributed by atoms with E-state index in [0.29, 0.717) is 22.6 Å². The van der Waals surface area contributed by atoms with Gasteiger partial charge in [0.25, 0.3) is 5.56 Å². The summed E-state index contributed by atoms with van der Waals surface area (Å²) < 4.78 is 26.4. The zero-order valence-corrected chi connectivity index (χ0v) is 19.2. The highest BCUT2D eigenvalue weighted by Crippen LogP contribution is 2.41. The number of aromatic nitrogens is 2. The van der Waals surface area contributed by atoms with E-state index in [1.54, 1.807) is 29.7 Å². The van der Waals surface area contributed by atoms with Gasteiger partial charge in [0.1, 0.15) is 12.4 Å². The minimum Gasteiger partial charge on any atom is -0.457 e. The number of esters is 2. The Bertz CT molecular complexity index is 1680. The summed E-state index contributed by atoms with van der Waals surface area (Å²) in [6.07, 6.45) is 0.0112. The molecule has 0 aliphatic carbocycles. The molecule has 0 saturated carbocycles. The molecular weight excluding hydrogens is 465 g/mol. The van der Waals surface area contributed by atoms with Crippen LogP contribution >= 0.6 is 0 Å². The normalized spacial score (nSPS) is 17.8. The number of cyclic esters (lactones) is 1. The summed E-state index contributed by atoms with van der Waals surface area (Å²) in [5.74, 6) is -2.31. The van der Waals surface area contributed by atoms with Crippen LogP contribution in [0.25, 0.3) is 22.3 Å². The van der Waals surface area contributed by atoms with Gasteiger partial charge in [0, 0.05) is 22.2 Å². The van der Waals surface area contributed by atoms with Crippen LogP contribution in [0.1, 0.15) is 40.4 Å².